The lowest BCUT2D eigenvalue weighted by Crippen LogP contribution is -1.81. The molecule has 0 bridgehead atoms. The molecule has 66 valence electrons. The van der Waals surface area contributed by atoms with Gasteiger partial charge in [0, 0.05) is 5.02 Å². The Kier molecular flexibility index (Phi) is 4.02. The van der Waals surface area contributed by atoms with Crippen molar-refractivity contribution in [3.63, 3.8) is 0 Å². The molecular weight excluding hydrogens is 275 g/mol. The number of hydrogen-bond donors (Lipinski definition) is 0. The molecule has 0 aliphatic rings. The molecule has 6 heteroatoms. The smallest absolute Gasteiger partial charge is 0.0762 e. The van der Waals surface area contributed by atoms with E-state index in [0.29, 0.717) is 20.0 Å². The fourth-order valence-corrected chi connectivity index (χ4v) is 3.00. The van der Waals surface area contributed by atoms with Crippen LogP contribution < -0.4 is 0 Å². The Balaban J connectivity index is 3.46. The minimum Gasteiger partial charge on any atom is -0.318 e. The Morgan fingerprint density at radius 1 is 1.00 bits per heavy atom. The molecule has 1 aromatic rings. The maximum Gasteiger partial charge on any atom is 0.0762 e. The summed E-state index contributed by atoms with van der Waals surface area (Å²) >= 11 is 27.1. The van der Waals surface area contributed by atoms with E-state index in [0.717, 1.165) is 0 Å². The van der Waals surface area contributed by atoms with Crippen LogP contribution in [0.1, 0.15) is 0 Å². The van der Waals surface area contributed by atoms with Crippen LogP contribution in [-0.2, 0) is 30.4 Å². The highest BCUT2D eigenvalue weighted by Gasteiger charge is 2.02. The second-order valence-electron chi connectivity index (χ2n) is 1.91. The van der Waals surface area contributed by atoms with Crippen molar-refractivity contribution in [2.75, 3.05) is 0 Å². The van der Waals surface area contributed by atoms with Crippen molar-refractivity contribution >= 4 is 65.2 Å². The number of benzene rings is 1. The summed E-state index contributed by atoms with van der Waals surface area (Å²) in [5.74, 6) is 0. The number of hydrogen-bond acceptors (Lipinski definition) is 3. The second-order valence-corrected chi connectivity index (χ2v) is 6.61. The predicted molar refractivity (Wildman–Crippen MR) is 61.8 cm³/mol. The highest BCUT2D eigenvalue weighted by atomic mass is 35.5. The highest BCUT2D eigenvalue weighted by molar-refractivity contribution is 8.46. The van der Waals surface area contributed by atoms with Gasteiger partial charge in [0.2, 0.25) is 0 Å². The van der Waals surface area contributed by atoms with Crippen molar-refractivity contribution in [2.24, 2.45) is 0 Å². The van der Waals surface area contributed by atoms with Crippen LogP contribution in [0.3, 0.4) is 0 Å². The van der Waals surface area contributed by atoms with Crippen molar-refractivity contribution in [3.8, 4) is 0 Å². The third kappa shape index (κ3) is 2.22. The molecule has 0 saturated heterocycles. The third-order valence-corrected chi connectivity index (χ3v) is 4.36. The minimum absolute atomic E-state index is 0.322. The molecule has 0 aliphatic carbocycles. The van der Waals surface area contributed by atoms with Crippen LogP contribution in [0.15, 0.2) is 17.0 Å². The molecule has 0 atom stereocenters. The van der Waals surface area contributed by atoms with Crippen LogP contribution in [-0.4, -0.2) is 0 Å². The van der Waals surface area contributed by atoms with Crippen molar-refractivity contribution in [2.45, 2.75) is 4.90 Å². The molecule has 0 saturated carbocycles. The molecule has 1 aromatic carbocycles. The minimum atomic E-state index is -0.717. The van der Waals surface area contributed by atoms with Gasteiger partial charge in [-0.3, -0.25) is 22.4 Å². The highest BCUT2D eigenvalue weighted by Crippen LogP contribution is 2.33. The normalized spacial score (nSPS) is 10.7. The molecule has 0 unspecified atom stereocenters. The molecule has 0 heterocycles. The summed E-state index contributed by atoms with van der Waals surface area (Å²) in [6.45, 7) is 0. The van der Waals surface area contributed by atoms with Crippen molar-refractivity contribution < 1.29 is 0 Å². The quantitative estimate of drug-likeness (QED) is 0.568. The first-order valence-corrected chi connectivity index (χ1v) is 6.97. The Morgan fingerprint density at radius 2 is 1.58 bits per heavy atom. The van der Waals surface area contributed by atoms with E-state index in [1.165, 1.54) is 0 Å². The SMILES string of the molecule is S=[S-](=S)c1ccc(Cl)c(Cl)c1Cl. The standard InChI is InChI=1S/C6H2Cl3S3/c7-3-1-2-4(12(10)11)6(9)5(3)8/h1-2H/q-1. The first kappa shape index (κ1) is 11.0. The zero-order valence-corrected chi connectivity index (χ0v) is 10.2. The molecule has 0 fully saturated rings. The molecule has 0 aromatic heterocycles. The van der Waals surface area contributed by atoms with E-state index in [4.69, 9.17) is 57.2 Å². The Bertz CT molecular complexity index is 376. The third-order valence-electron chi connectivity index (χ3n) is 1.18. The van der Waals surface area contributed by atoms with Crippen molar-refractivity contribution in [3.05, 3.63) is 27.2 Å². The summed E-state index contributed by atoms with van der Waals surface area (Å²) in [6, 6.07) is 3.35. The lowest BCUT2D eigenvalue weighted by molar-refractivity contribution is 1.47. The van der Waals surface area contributed by atoms with Gasteiger partial charge in [0.15, 0.2) is 0 Å². The first-order chi connectivity index (χ1) is 5.54. The van der Waals surface area contributed by atoms with Gasteiger partial charge >= 0.3 is 0 Å². The molecule has 0 amide bonds. The van der Waals surface area contributed by atoms with Crippen LogP contribution in [0.5, 0.6) is 0 Å². The zero-order chi connectivity index (χ0) is 9.30. The van der Waals surface area contributed by atoms with E-state index in [2.05, 4.69) is 0 Å². The Morgan fingerprint density at radius 3 is 2.08 bits per heavy atom. The molecule has 0 radical (unpaired) electrons. The van der Waals surface area contributed by atoms with E-state index in [1.807, 2.05) is 0 Å². The summed E-state index contributed by atoms with van der Waals surface area (Å²) < 4.78 is 0. The number of rotatable bonds is 1. The van der Waals surface area contributed by atoms with Gasteiger partial charge in [-0.2, -0.15) is 0 Å². The average Bonchev–Trinajstić information content (AvgIpc) is 2.00. The zero-order valence-electron chi connectivity index (χ0n) is 5.51. The second kappa shape index (κ2) is 4.40. The average molecular weight is 277 g/mol. The molecule has 0 N–H and O–H groups in total. The van der Waals surface area contributed by atoms with E-state index < -0.39 is 8.01 Å². The first-order valence-electron chi connectivity index (χ1n) is 2.77. The fraction of sp³-hybridized carbons (Fsp3) is 0. The molecule has 1 rings (SSSR count). The van der Waals surface area contributed by atoms with E-state index in [9.17, 15) is 0 Å². The number of halogens is 3. The van der Waals surface area contributed by atoms with E-state index in [1.54, 1.807) is 12.1 Å². The topological polar surface area (TPSA) is 0 Å². The van der Waals surface area contributed by atoms with Gasteiger partial charge in [0.25, 0.3) is 0 Å². The van der Waals surface area contributed by atoms with Gasteiger partial charge in [-0.25, -0.2) is 0 Å². The van der Waals surface area contributed by atoms with Gasteiger partial charge in [-0.05, 0) is 6.07 Å². The summed E-state index contributed by atoms with van der Waals surface area (Å²) in [5, 5.41) is 1.11. The summed E-state index contributed by atoms with van der Waals surface area (Å²) in [7, 11) is -0.717. The molecule has 0 spiro atoms. The van der Waals surface area contributed by atoms with Gasteiger partial charge < -0.3 is 8.01 Å². The molecular formula is C6H2Cl3S3-. The van der Waals surface area contributed by atoms with Gasteiger partial charge in [-0.1, -0.05) is 40.9 Å². The van der Waals surface area contributed by atoms with Crippen LogP contribution in [0.25, 0.3) is 0 Å². The molecule has 0 nitrogen and oxygen atoms in total. The van der Waals surface area contributed by atoms with Crippen LogP contribution >= 0.6 is 34.8 Å². The molecule has 12 heavy (non-hydrogen) atoms. The fourth-order valence-electron chi connectivity index (χ4n) is 0.637. The lowest BCUT2D eigenvalue weighted by Gasteiger charge is -2.09. The van der Waals surface area contributed by atoms with Crippen molar-refractivity contribution in [1.82, 2.24) is 0 Å². The van der Waals surface area contributed by atoms with E-state index >= 15 is 0 Å². The Labute approximate surface area is 96.7 Å². The van der Waals surface area contributed by atoms with E-state index in [-0.39, 0.29) is 0 Å². The van der Waals surface area contributed by atoms with Crippen LogP contribution in [0.4, 0.5) is 0 Å². The maximum absolute atomic E-state index is 5.85. The maximum atomic E-state index is 5.85. The molecule has 0 aliphatic heterocycles. The van der Waals surface area contributed by atoms with Crippen molar-refractivity contribution in [1.29, 1.82) is 0 Å². The monoisotopic (exact) mass is 275 g/mol. The largest absolute Gasteiger partial charge is 0.318 e. The van der Waals surface area contributed by atoms with Crippen LogP contribution in [0.2, 0.25) is 15.1 Å². The predicted octanol–water partition coefficient (Wildman–Crippen LogP) is 3.55. The summed E-state index contributed by atoms with van der Waals surface area (Å²) in [6.07, 6.45) is 0. The summed E-state index contributed by atoms with van der Waals surface area (Å²) in [4.78, 5) is 0.691. The van der Waals surface area contributed by atoms with Gasteiger partial charge in [0.05, 0.1) is 10.0 Å². The van der Waals surface area contributed by atoms with Gasteiger partial charge in [-0.15, -0.1) is 4.90 Å². The lowest BCUT2D eigenvalue weighted by atomic mass is 10.4. The van der Waals surface area contributed by atoms with Crippen LogP contribution in [0, 0.1) is 0 Å². The summed E-state index contributed by atoms with van der Waals surface area (Å²) in [5.41, 5.74) is 0. The van der Waals surface area contributed by atoms with Gasteiger partial charge in [0.1, 0.15) is 0 Å². The Hall–Kier alpha value is 0.880.